The average Bonchev–Trinajstić information content (AvgIpc) is 3.02. The first-order valence-electron chi connectivity index (χ1n) is 7.27. The van der Waals surface area contributed by atoms with Crippen LogP contribution in [-0.4, -0.2) is 24.0 Å². The van der Waals surface area contributed by atoms with Crippen LogP contribution in [0.5, 0.6) is 0 Å². The Kier molecular flexibility index (Phi) is 5.12. The van der Waals surface area contributed by atoms with E-state index in [2.05, 4.69) is 15.6 Å². The van der Waals surface area contributed by atoms with Crippen LogP contribution in [0.4, 0.5) is 4.79 Å². The molecule has 0 saturated carbocycles. The molecule has 0 radical (unpaired) electrons. The van der Waals surface area contributed by atoms with Gasteiger partial charge in [-0.2, -0.15) is 0 Å². The first-order valence-corrected chi connectivity index (χ1v) is 8.97. The van der Waals surface area contributed by atoms with E-state index in [4.69, 9.17) is 0 Å². The number of fused-ring (bicyclic) bond motifs is 1. The second-order valence-electron chi connectivity index (χ2n) is 4.92. The number of aromatic nitrogens is 1. The number of hydrogen-bond acceptors (Lipinski definition) is 5. The van der Waals surface area contributed by atoms with Crippen molar-refractivity contribution in [2.75, 3.05) is 7.05 Å². The molecule has 1 aromatic heterocycles. The molecular formula is C17H15N3O2S2. The van der Waals surface area contributed by atoms with Gasteiger partial charge in [0.2, 0.25) is 5.91 Å². The number of thioether (sulfide) groups is 1. The fourth-order valence-electron chi connectivity index (χ4n) is 2.14. The summed E-state index contributed by atoms with van der Waals surface area (Å²) in [6, 6.07) is 16.7. The highest BCUT2D eigenvalue weighted by molar-refractivity contribution is 8.02. The standard InChI is InChI=1S/C17H15N3O2S2/c1-18-16(22)20-15(21)14(11-7-3-2-4-8-11)24-17-19-12-9-5-6-10-13(12)23-17/h2-10,14H,1H3,(H2,18,20,21,22). The minimum Gasteiger partial charge on any atom is -0.341 e. The molecule has 5 nitrogen and oxygen atoms in total. The summed E-state index contributed by atoms with van der Waals surface area (Å²) in [4.78, 5) is 28.6. The van der Waals surface area contributed by atoms with Crippen LogP contribution in [0.3, 0.4) is 0 Å². The van der Waals surface area contributed by atoms with Gasteiger partial charge in [-0.25, -0.2) is 9.78 Å². The van der Waals surface area contributed by atoms with Gasteiger partial charge in [0.05, 0.1) is 10.2 Å². The van der Waals surface area contributed by atoms with Crippen molar-refractivity contribution in [1.29, 1.82) is 0 Å². The van der Waals surface area contributed by atoms with E-state index < -0.39 is 11.3 Å². The lowest BCUT2D eigenvalue weighted by Crippen LogP contribution is -2.39. The number of rotatable bonds is 4. The van der Waals surface area contributed by atoms with E-state index >= 15 is 0 Å². The van der Waals surface area contributed by atoms with Crippen molar-refractivity contribution in [3.63, 3.8) is 0 Å². The highest BCUT2D eigenvalue weighted by Gasteiger charge is 2.25. The summed E-state index contributed by atoms with van der Waals surface area (Å²) < 4.78 is 1.86. The van der Waals surface area contributed by atoms with Gasteiger partial charge in [0.1, 0.15) is 5.25 Å². The van der Waals surface area contributed by atoms with Gasteiger partial charge >= 0.3 is 6.03 Å². The first-order chi connectivity index (χ1) is 11.7. The molecule has 0 aliphatic carbocycles. The number of amides is 3. The van der Waals surface area contributed by atoms with Gasteiger partial charge in [-0.1, -0.05) is 54.2 Å². The Balaban J connectivity index is 1.89. The van der Waals surface area contributed by atoms with Crippen molar-refractivity contribution in [3.05, 3.63) is 60.2 Å². The number of carbonyl (C=O) groups is 2. The summed E-state index contributed by atoms with van der Waals surface area (Å²) in [6.45, 7) is 0. The van der Waals surface area contributed by atoms with Gasteiger partial charge in [0.15, 0.2) is 4.34 Å². The van der Waals surface area contributed by atoms with Crippen LogP contribution in [-0.2, 0) is 4.79 Å². The summed E-state index contributed by atoms with van der Waals surface area (Å²) in [5.74, 6) is -0.371. The number of carbonyl (C=O) groups excluding carboxylic acids is 2. The number of thiazole rings is 1. The van der Waals surface area contributed by atoms with Crippen LogP contribution in [0, 0.1) is 0 Å². The molecule has 2 aromatic carbocycles. The maximum atomic E-state index is 12.5. The summed E-state index contributed by atoms with van der Waals surface area (Å²) in [5, 5.41) is 4.19. The van der Waals surface area contributed by atoms with Gasteiger partial charge in [-0.3, -0.25) is 10.1 Å². The summed E-state index contributed by atoms with van der Waals surface area (Å²) >= 11 is 2.88. The Labute approximate surface area is 147 Å². The Morgan fingerprint density at radius 3 is 2.50 bits per heavy atom. The van der Waals surface area contributed by atoms with E-state index in [-0.39, 0.29) is 5.91 Å². The molecule has 0 aliphatic rings. The molecule has 1 unspecified atom stereocenters. The molecule has 1 atom stereocenters. The quantitative estimate of drug-likeness (QED) is 0.700. The molecule has 3 aromatic rings. The molecule has 0 spiro atoms. The number of imide groups is 1. The van der Waals surface area contributed by atoms with E-state index in [9.17, 15) is 9.59 Å². The zero-order valence-electron chi connectivity index (χ0n) is 12.9. The van der Waals surface area contributed by atoms with E-state index in [1.807, 2.05) is 54.6 Å². The highest BCUT2D eigenvalue weighted by atomic mass is 32.2. The molecular weight excluding hydrogens is 342 g/mol. The molecule has 0 aliphatic heterocycles. The lowest BCUT2D eigenvalue weighted by molar-refractivity contribution is -0.119. The molecule has 3 rings (SSSR count). The van der Waals surface area contributed by atoms with Gasteiger partial charge < -0.3 is 5.32 Å². The van der Waals surface area contributed by atoms with Crippen molar-refractivity contribution in [3.8, 4) is 0 Å². The maximum absolute atomic E-state index is 12.5. The lowest BCUT2D eigenvalue weighted by Gasteiger charge is -2.14. The molecule has 3 amide bonds. The smallest absolute Gasteiger partial charge is 0.321 e. The van der Waals surface area contributed by atoms with E-state index in [0.29, 0.717) is 0 Å². The van der Waals surface area contributed by atoms with Crippen LogP contribution in [0.15, 0.2) is 58.9 Å². The Morgan fingerprint density at radius 2 is 1.79 bits per heavy atom. The number of hydrogen-bond donors (Lipinski definition) is 2. The average molecular weight is 357 g/mol. The molecule has 0 saturated heterocycles. The zero-order valence-corrected chi connectivity index (χ0v) is 14.5. The number of nitrogens with zero attached hydrogens (tertiary/aromatic N) is 1. The maximum Gasteiger partial charge on any atom is 0.321 e. The van der Waals surface area contributed by atoms with Crippen molar-refractivity contribution < 1.29 is 9.59 Å². The van der Waals surface area contributed by atoms with Crippen molar-refractivity contribution in [1.82, 2.24) is 15.6 Å². The molecule has 122 valence electrons. The van der Waals surface area contributed by atoms with Crippen LogP contribution in [0.25, 0.3) is 10.2 Å². The predicted octanol–water partition coefficient (Wildman–Crippen LogP) is 3.59. The van der Waals surface area contributed by atoms with Gasteiger partial charge in [0, 0.05) is 7.05 Å². The van der Waals surface area contributed by atoms with Crippen molar-refractivity contribution >= 4 is 45.3 Å². The molecule has 7 heteroatoms. The Bertz CT molecular complexity index is 831. The fourth-order valence-corrected chi connectivity index (χ4v) is 4.40. The van der Waals surface area contributed by atoms with Gasteiger partial charge in [-0.15, -0.1) is 11.3 Å². The third kappa shape index (κ3) is 3.74. The third-order valence-electron chi connectivity index (χ3n) is 3.30. The third-order valence-corrected chi connectivity index (χ3v) is 5.68. The lowest BCUT2D eigenvalue weighted by atomic mass is 10.1. The van der Waals surface area contributed by atoms with Crippen LogP contribution < -0.4 is 10.6 Å². The van der Waals surface area contributed by atoms with E-state index in [1.165, 1.54) is 30.1 Å². The van der Waals surface area contributed by atoms with Crippen LogP contribution in [0.1, 0.15) is 10.8 Å². The second kappa shape index (κ2) is 7.46. The van der Waals surface area contributed by atoms with E-state index in [0.717, 1.165) is 20.1 Å². The molecule has 0 bridgehead atoms. The molecule has 24 heavy (non-hydrogen) atoms. The van der Waals surface area contributed by atoms with Crippen LogP contribution >= 0.6 is 23.1 Å². The van der Waals surface area contributed by atoms with Gasteiger partial charge in [0.25, 0.3) is 0 Å². The van der Waals surface area contributed by atoms with Gasteiger partial charge in [-0.05, 0) is 17.7 Å². The zero-order chi connectivity index (χ0) is 16.9. The second-order valence-corrected chi connectivity index (χ2v) is 7.31. The topological polar surface area (TPSA) is 71.1 Å². The number of para-hydroxylation sites is 1. The largest absolute Gasteiger partial charge is 0.341 e. The number of urea groups is 1. The van der Waals surface area contributed by atoms with Crippen molar-refractivity contribution in [2.24, 2.45) is 0 Å². The minimum atomic E-state index is -0.552. The molecule has 1 heterocycles. The molecule has 2 N–H and O–H groups in total. The van der Waals surface area contributed by atoms with Crippen molar-refractivity contribution in [2.45, 2.75) is 9.59 Å². The molecule has 0 fully saturated rings. The minimum absolute atomic E-state index is 0.371. The van der Waals surface area contributed by atoms with E-state index in [1.54, 1.807) is 0 Å². The summed E-state index contributed by atoms with van der Waals surface area (Å²) in [7, 11) is 1.47. The highest BCUT2D eigenvalue weighted by Crippen LogP contribution is 2.39. The normalized spacial score (nSPS) is 11.9. The summed E-state index contributed by atoms with van der Waals surface area (Å²) in [6.07, 6.45) is 0. The number of nitrogens with one attached hydrogen (secondary N) is 2. The predicted molar refractivity (Wildman–Crippen MR) is 97.3 cm³/mol. The monoisotopic (exact) mass is 357 g/mol. The Hall–Kier alpha value is -2.38. The first kappa shape index (κ1) is 16.5. The van der Waals surface area contributed by atoms with Crippen LogP contribution in [0.2, 0.25) is 0 Å². The number of benzene rings is 2. The SMILES string of the molecule is CNC(=O)NC(=O)C(Sc1nc2ccccc2s1)c1ccccc1. The Morgan fingerprint density at radius 1 is 1.08 bits per heavy atom. The fraction of sp³-hybridized carbons (Fsp3) is 0.118. The summed E-state index contributed by atoms with van der Waals surface area (Å²) in [5.41, 5.74) is 1.73.